The number of aromatic nitrogens is 2. The Bertz CT molecular complexity index is 682. The monoisotopic (exact) mass is 345 g/mol. The van der Waals surface area contributed by atoms with Crippen molar-refractivity contribution in [2.45, 2.75) is 39.7 Å². The summed E-state index contributed by atoms with van der Waals surface area (Å²) in [4.78, 5) is 11.8. The lowest BCUT2D eigenvalue weighted by molar-refractivity contribution is -0.116. The molecule has 2 aromatic rings. The molecule has 0 spiro atoms. The summed E-state index contributed by atoms with van der Waals surface area (Å²) < 4.78 is 1.80. The highest BCUT2D eigenvalue weighted by atomic mass is 35.5. The van der Waals surface area contributed by atoms with E-state index < -0.39 is 0 Å². The summed E-state index contributed by atoms with van der Waals surface area (Å²) in [6.45, 7) is 7.53. The molecule has 1 amide bonds. The van der Waals surface area contributed by atoms with Gasteiger partial charge in [0, 0.05) is 25.4 Å². The van der Waals surface area contributed by atoms with Crippen molar-refractivity contribution in [1.82, 2.24) is 15.1 Å². The van der Waals surface area contributed by atoms with Crippen molar-refractivity contribution in [2.75, 3.05) is 6.54 Å². The smallest absolute Gasteiger partial charge is 0.244 e. The minimum Gasteiger partial charge on any atom is -0.352 e. The van der Waals surface area contributed by atoms with E-state index in [1.54, 1.807) is 17.0 Å². The van der Waals surface area contributed by atoms with E-state index in [-0.39, 0.29) is 5.91 Å². The molecule has 0 bridgehead atoms. The fourth-order valence-electron chi connectivity index (χ4n) is 2.28. The van der Waals surface area contributed by atoms with E-state index in [1.807, 2.05) is 25.1 Å². The average molecular weight is 346 g/mol. The van der Waals surface area contributed by atoms with Gasteiger partial charge in [-0.05, 0) is 36.5 Å². The fourth-order valence-corrected chi connectivity index (χ4v) is 2.43. The number of nitrogens with zero attached hydrogens (tertiary/aromatic N) is 2. The molecule has 0 aliphatic rings. The van der Waals surface area contributed by atoms with Crippen LogP contribution in [0, 0.1) is 6.92 Å². The molecular formula is C19H24ClN3O. The normalized spacial score (nSPS) is 11.4. The van der Waals surface area contributed by atoms with E-state index in [0.717, 1.165) is 24.2 Å². The number of aryl methyl sites for hydroxylation is 2. The highest BCUT2D eigenvalue weighted by Gasteiger charge is 2.02. The second-order valence-corrected chi connectivity index (χ2v) is 6.53. The molecule has 4 nitrogen and oxygen atoms in total. The van der Waals surface area contributed by atoms with Crippen LogP contribution in [0.25, 0.3) is 6.08 Å². The molecule has 0 fully saturated rings. The van der Waals surface area contributed by atoms with Gasteiger partial charge in [0.1, 0.15) is 0 Å². The number of nitrogens with one attached hydrogen (secondary N) is 1. The largest absolute Gasteiger partial charge is 0.352 e. The molecule has 5 heteroatoms. The maximum Gasteiger partial charge on any atom is 0.244 e. The molecule has 0 aliphatic carbocycles. The van der Waals surface area contributed by atoms with Crippen LogP contribution in [0.1, 0.15) is 43.0 Å². The van der Waals surface area contributed by atoms with Crippen molar-refractivity contribution < 1.29 is 4.79 Å². The summed E-state index contributed by atoms with van der Waals surface area (Å²) in [6, 6.07) is 8.25. The Balaban J connectivity index is 1.72. The number of benzene rings is 1. The number of hydrogen-bond donors (Lipinski definition) is 1. The second kappa shape index (κ2) is 8.69. The molecule has 2 rings (SSSR count). The highest BCUT2D eigenvalue weighted by molar-refractivity contribution is 6.31. The van der Waals surface area contributed by atoms with Gasteiger partial charge in [-0.25, -0.2) is 0 Å². The molecule has 0 atom stereocenters. The molecule has 0 unspecified atom stereocenters. The first-order valence-electron chi connectivity index (χ1n) is 8.21. The van der Waals surface area contributed by atoms with Crippen LogP contribution in [0.3, 0.4) is 0 Å². The summed E-state index contributed by atoms with van der Waals surface area (Å²) in [5, 5.41) is 7.83. The number of hydrogen-bond acceptors (Lipinski definition) is 2. The number of rotatable bonds is 7. The van der Waals surface area contributed by atoms with E-state index in [9.17, 15) is 4.79 Å². The third-order valence-electron chi connectivity index (χ3n) is 3.78. The number of amides is 1. The van der Waals surface area contributed by atoms with Crippen molar-refractivity contribution in [3.63, 3.8) is 0 Å². The second-order valence-electron chi connectivity index (χ2n) is 6.12. The molecule has 24 heavy (non-hydrogen) atoms. The third kappa shape index (κ3) is 5.53. The quantitative estimate of drug-likeness (QED) is 0.604. The predicted octanol–water partition coefficient (Wildman–Crippen LogP) is 4.19. The minimum absolute atomic E-state index is 0.0855. The van der Waals surface area contributed by atoms with Crippen LogP contribution in [-0.4, -0.2) is 22.2 Å². The molecule has 1 aromatic carbocycles. The Hall–Kier alpha value is -2.07. The van der Waals surface area contributed by atoms with E-state index >= 15 is 0 Å². The molecular weight excluding hydrogens is 322 g/mol. The van der Waals surface area contributed by atoms with Crippen LogP contribution >= 0.6 is 11.6 Å². The third-order valence-corrected chi connectivity index (χ3v) is 4.15. The van der Waals surface area contributed by atoms with Crippen LogP contribution in [0.2, 0.25) is 5.02 Å². The lowest BCUT2D eigenvalue weighted by atomic mass is 10.0. The predicted molar refractivity (Wildman–Crippen MR) is 99.2 cm³/mol. The molecule has 0 aliphatic heterocycles. The van der Waals surface area contributed by atoms with Crippen molar-refractivity contribution in [3.8, 4) is 0 Å². The first kappa shape index (κ1) is 18.3. The Morgan fingerprint density at radius 2 is 2.04 bits per heavy atom. The van der Waals surface area contributed by atoms with Crippen molar-refractivity contribution in [3.05, 3.63) is 58.4 Å². The van der Waals surface area contributed by atoms with Gasteiger partial charge in [-0.2, -0.15) is 5.10 Å². The molecule has 0 radical (unpaired) electrons. The van der Waals surface area contributed by atoms with Gasteiger partial charge in [0.15, 0.2) is 0 Å². The zero-order valence-electron chi connectivity index (χ0n) is 14.4. The van der Waals surface area contributed by atoms with Gasteiger partial charge in [-0.3, -0.25) is 9.48 Å². The lowest BCUT2D eigenvalue weighted by Crippen LogP contribution is -2.23. The van der Waals surface area contributed by atoms with E-state index in [0.29, 0.717) is 17.5 Å². The van der Waals surface area contributed by atoms with Gasteiger partial charge in [0.25, 0.3) is 0 Å². The van der Waals surface area contributed by atoms with E-state index in [1.165, 1.54) is 5.56 Å². The Kier molecular flexibility index (Phi) is 6.62. The molecule has 128 valence electrons. The number of halogens is 1. The van der Waals surface area contributed by atoms with Gasteiger partial charge in [-0.1, -0.05) is 49.7 Å². The van der Waals surface area contributed by atoms with Gasteiger partial charge in [-0.15, -0.1) is 0 Å². The van der Waals surface area contributed by atoms with Crippen LogP contribution < -0.4 is 5.32 Å². The van der Waals surface area contributed by atoms with Crippen LogP contribution in [0.15, 0.2) is 36.5 Å². The van der Waals surface area contributed by atoms with Crippen LogP contribution in [-0.2, 0) is 11.3 Å². The molecule has 0 saturated heterocycles. The first-order valence-corrected chi connectivity index (χ1v) is 8.59. The highest BCUT2D eigenvalue weighted by Crippen LogP contribution is 2.15. The maximum absolute atomic E-state index is 11.8. The zero-order chi connectivity index (χ0) is 17.5. The van der Waals surface area contributed by atoms with Gasteiger partial charge >= 0.3 is 0 Å². The van der Waals surface area contributed by atoms with Gasteiger partial charge in [0.2, 0.25) is 5.91 Å². The molecule has 1 N–H and O–H groups in total. The SMILES string of the molecule is Cc1nn(CCCNC(=O)/C=C/c2ccc(C(C)C)cc2)cc1Cl. The van der Waals surface area contributed by atoms with Crippen LogP contribution in [0.4, 0.5) is 0 Å². The zero-order valence-corrected chi connectivity index (χ0v) is 15.2. The summed E-state index contributed by atoms with van der Waals surface area (Å²) in [5.74, 6) is 0.428. The van der Waals surface area contributed by atoms with Crippen molar-refractivity contribution in [2.24, 2.45) is 0 Å². The number of carbonyl (C=O) groups excluding carboxylic acids is 1. The molecule has 1 aromatic heterocycles. The Labute approximate surface area is 148 Å². The van der Waals surface area contributed by atoms with Gasteiger partial charge < -0.3 is 5.32 Å². The Morgan fingerprint density at radius 3 is 2.62 bits per heavy atom. The van der Waals surface area contributed by atoms with Crippen LogP contribution in [0.5, 0.6) is 0 Å². The first-order chi connectivity index (χ1) is 11.5. The summed E-state index contributed by atoms with van der Waals surface area (Å²) in [5.41, 5.74) is 3.15. The number of carbonyl (C=O) groups is 1. The standard InChI is InChI=1S/C19H24ClN3O/c1-14(2)17-8-5-16(6-9-17)7-10-19(24)21-11-4-12-23-13-18(20)15(3)22-23/h5-10,13-14H,4,11-12H2,1-3H3,(H,21,24)/b10-7+. The molecule has 0 saturated carbocycles. The average Bonchev–Trinajstić information content (AvgIpc) is 2.88. The summed E-state index contributed by atoms with van der Waals surface area (Å²) in [7, 11) is 0. The van der Waals surface area contributed by atoms with Crippen molar-refractivity contribution in [1.29, 1.82) is 0 Å². The van der Waals surface area contributed by atoms with E-state index in [4.69, 9.17) is 11.6 Å². The summed E-state index contributed by atoms with van der Waals surface area (Å²) in [6.07, 6.45) is 6.01. The molecule has 1 heterocycles. The topological polar surface area (TPSA) is 46.9 Å². The summed E-state index contributed by atoms with van der Waals surface area (Å²) >= 11 is 5.96. The van der Waals surface area contributed by atoms with Crippen molar-refractivity contribution >= 4 is 23.6 Å². The van der Waals surface area contributed by atoms with Gasteiger partial charge in [0.05, 0.1) is 10.7 Å². The maximum atomic E-state index is 11.8. The van der Waals surface area contributed by atoms with E-state index in [2.05, 4.69) is 36.4 Å². The lowest BCUT2D eigenvalue weighted by Gasteiger charge is -2.05. The fraction of sp³-hybridized carbons (Fsp3) is 0.368. The Morgan fingerprint density at radius 1 is 1.33 bits per heavy atom. The minimum atomic E-state index is -0.0855.